The first kappa shape index (κ1) is 17.2. The SMILES string of the molecule is O=C(NCCN1CCN(c2ccccc2)CC1)Nc1ccccc1F. The van der Waals surface area contributed by atoms with Gasteiger partial charge in [-0.05, 0) is 24.3 Å². The molecule has 1 aliphatic heterocycles. The molecule has 0 atom stereocenters. The van der Waals surface area contributed by atoms with E-state index in [-0.39, 0.29) is 11.7 Å². The van der Waals surface area contributed by atoms with Gasteiger partial charge in [0.05, 0.1) is 5.69 Å². The van der Waals surface area contributed by atoms with Crippen molar-refractivity contribution < 1.29 is 9.18 Å². The summed E-state index contributed by atoms with van der Waals surface area (Å²) in [5.74, 6) is -0.435. The molecule has 0 radical (unpaired) electrons. The van der Waals surface area contributed by atoms with Crippen molar-refractivity contribution in [3.05, 3.63) is 60.4 Å². The Kier molecular flexibility index (Phi) is 5.85. The van der Waals surface area contributed by atoms with E-state index in [0.717, 1.165) is 32.7 Å². The highest BCUT2D eigenvalue weighted by molar-refractivity contribution is 5.89. The van der Waals surface area contributed by atoms with Crippen LogP contribution in [0.5, 0.6) is 0 Å². The number of carbonyl (C=O) groups is 1. The smallest absolute Gasteiger partial charge is 0.319 e. The number of hydrogen-bond donors (Lipinski definition) is 2. The van der Waals surface area contributed by atoms with E-state index in [2.05, 4.69) is 44.7 Å². The normalized spacial score (nSPS) is 15.0. The van der Waals surface area contributed by atoms with Crippen LogP contribution in [0.15, 0.2) is 54.6 Å². The molecule has 1 saturated heterocycles. The van der Waals surface area contributed by atoms with Crippen molar-refractivity contribution in [3.8, 4) is 0 Å². The topological polar surface area (TPSA) is 47.6 Å². The van der Waals surface area contributed by atoms with Crippen LogP contribution in [0.3, 0.4) is 0 Å². The molecule has 0 aliphatic carbocycles. The lowest BCUT2D eigenvalue weighted by atomic mass is 10.2. The first-order valence-corrected chi connectivity index (χ1v) is 8.54. The molecule has 5 nitrogen and oxygen atoms in total. The highest BCUT2D eigenvalue weighted by atomic mass is 19.1. The summed E-state index contributed by atoms with van der Waals surface area (Å²) in [4.78, 5) is 16.5. The van der Waals surface area contributed by atoms with Crippen molar-refractivity contribution in [1.29, 1.82) is 0 Å². The highest BCUT2D eigenvalue weighted by Crippen LogP contribution is 2.15. The molecule has 3 rings (SSSR count). The first-order valence-electron chi connectivity index (χ1n) is 8.54. The second kappa shape index (κ2) is 8.48. The maximum atomic E-state index is 13.5. The van der Waals surface area contributed by atoms with Crippen molar-refractivity contribution >= 4 is 17.4 Å². The standard InChI is InChI=1S/C19H23FN4O/c20-17-8-4-5-9-18(17)22-19(25)21-10-11-23-12-14-24(15-13-23)16-6-2-1-3-7-16/h1-9H,10-15H2,(H2,21,22,25). The minimum absolute atomic E-state index is 0.191. The summed E-state index contributed by atoms with van der Waals surface area (Å²) in [7, 11) is 0. The maximum Gasteiger partial charge on any atom is 0.319 e. The zero-order valence-electron chi connectivity index (χ0n) is 14.1. The summed E-state index contributed by atoms with van der Waals surface area (Å²) >= 11 is 0. The van der Waals surface area contributed by atoms with Gasteiger partial charge in [0, 0.05) is 45.0 Å². The van der Waals surface area contributed by atoms with E-state index in [1.54, 1.807) is 12.1 Å². The summed E-state index contributed by atoms with van der Waals surface area (Å²) in [6.45, 7) is 5.20. The predicted molar refractivity (Wildman–Crippen MR) is 98.5 cm³/mol. The summed E-state index contributed by atoms with van der Waals surface area (Å²) in [6, 6.07) is 16.2. The van der Waals surface area contributed by atoms with E-state index in [4.69, 9.17) is 0 Å². The Hall–Kier alpha value is -2.60. The summed E-state index contributed by atoms with van der Waals surface area (Å²) in [5, 5.41) is 5.30. The monoisotopic (exact) mass is 342 g/mol. The molecular formula is C19H23FN4O. The lowest BCUT2D eigenvalue weighted by molar-refractivity contribution is 0.240. The van der Waals surface area contributed by atoms with Crippen molar-refractivity contribution in [1.82, 2.24) is 10.2 Å². The maximum absolute atomic E-state index is 13.5. The van der Waals surface area contributed by atoms with Gasteiger partial charge in [0.2, 0.25) is 0 Å². The first-order chi connectivity index (χ1) is 12.2. The lowest BCUT2D eigenvalue weighted by Gasteiger charge is -2.36. The Bertz CT molecular complexity index is 687. The number of para-hydroxylation sites is 2. The molecular weight excluding hydrogens is 319 g/mol. The van der Waals surface area contributed by atoms with Gasteiger partial charge >= 0.3 is 6.03 Å². The lowest BCUT2D eigenvalue weighted by Crippen LogP contribution is -2.48. The molecule has 2 aromatic rings. The van der Waals surface area contributed by atoms with E-state index >= 15 is 0 Å². The van der Waals surface area contributed by atoms with Crippen LogP contribution in [0.2, 0.25) is 0 Å². The average molecular weight is 342 g/mol. The molecule has 0 unspecified atom stereocenters. The van der Waals surface area contributed by atoms with E-state index < -0.39 is 5.82 Å². The molecule has 1 aliphatic rings. The van der Waals surface area contributed by atoms with E-state index in [0.29, 0.717) is 6.54 Å². The average Bonchev–Trinajstić information content (AvgIpc) is 2.65. The Morgan fingerprint density at radius 2 is 1.64 bits per heavy atom. The van der Waals surface area contributed by atoms with Gasteiger partial charge in [0.1, 0.15) is 5.82 Å². The number of rotatable bonds is 5. The van der Waals surface area contributed by atoms with Crippen LogP contribution in [0, 0.1) is 5.82 Å². The number of benzene rings is 2. The second-order valence-corrected chi connectivity index (χ2v) is 6.02. The number of halogens is 1. The molecule has 1 fully saturated rings. The molecule has 2 N–H and O–H groups in total. The number of piperazine rings is 1. The Labute approximate surface area is 147 Å². The minimum Gasteiger partial charge on any atom is -0.369 e. The number of carbonyl (C=O) groups excluding carboxylic acids is 1. The van der Waals surface area contributed by atoms with Crippen LogP contribution in [-0.4, -0.2) is 50.2 Å². The number of hydrogen-bond acceptors (Lipinski definition) is 3. The predicted octanol–water partition coefficient (Wildman–Crippen LogP) is 2.77. The highest BCUT2D eigenvalue weighted by Gasteiger charge is 2.16. The number of amides is 2. The molecule has 2 amide bonds. The number of anilines is 2. The van der Waals surface area contributed by atoms with Gasteiger partial charge in [-0.1, -0.05) is 30.3 Å². The van der Waals surface area contributed by atoms with Crippen LogP contribution in [0.1, 0.15) is 0 Å². The molecule has 0 bridgehead atoms. The van der Waals surface area contributed by atoms with E-state index in [9.17, 15) is 9.18 Å². The number of nitrogens with zero attached hydrogens (tertiary/aromatic N) is 2. The molecule has 25 heavy (non-hydrogen) atoms. The van der Waals surface area contributed by atoms with Gasteiger partial charge in [0.15, 0.2) is 0 Å². The third-order valence-electron chi connectivity index (χ3n) is 4.33. The second-order valence-electron chi connectivity index (χ2n) is 6.02. The van der Waals surface area contributed by atoms with Gasteiger partial charge in [-0.3, -0.25) is 4.90 Å². The third kappa shape index (κ3) is 4.93. The van der Waals surface area contributed by atoms with Crippen LogP contribution in [-0.2, 0) is 0 Å². The molecule has 132 valence electrons. The minimum atomic E-state index is -0.435. The summed E-state index contributed by atoms with van der Waals surface area (Å²) < 4.78 is 13.5. The largest absolute Gasteiger partial charge is 0.369 e. The fraction of sp³-hybridized carbons (Fsp3) is 0.316. The summed E-state index contributed by atoms with van der Waals surface area (Å²) in [6.07, 6.45) is 0. The van der Waals surface area contributed by atoms with Gasteiger partial charge in [0.25, 0.3) is 0 Å². The van der Waals surface area contributed by atoms with Gasteiger partial charge in [-0.15, -0.1) is 0 Å². The molecule has 1 heterocycles. The van der Waals surface area contributed by atoms with Crippen LogP contribution < -0.4 is 15.5 Å². The molecule has 6 heteroatoms. The van der Waals surface area contributed by atoms with Crippen molar-refractivity contribution in [2.45, 2.75) is 0 Å². The van der Waals surface area contributed by atoms with E-state index in [1.165, 1.54) is 17.8 Å². The molecule has 0 saturated carbocycles. The zero-order valence-corrected chi connectivity index (χ0v) is 14.1. The zero-order chi connectivity index (χ0) is 17.5. The van der Waals surface area contributed by atoms with Gasteiger partial charge < -0.3 is 15.5 Å². The molecule has 0 spiro atoms. The third-order valence-corrected chi connectivity index (χ3v) is 4.33. The van der Waals surface area contributed by atoms with Crippen LogP contribution >= 0.6 is 0 Å². The van der Waals surface area contributed by atoms with Gasteiger partial charge in [-0.2, -0.15) is 0 Å². The Morgan fingerprint density at radius 1 is 0.960 bits per heavy atom. The van der Waals surface area contributed by atoms with Crippen molar-refractivity contribution in [2.24, 2.45) is 0 Å². The Balaban J connectivity index is 1.36. The quantitative estimate of drug-likeness (QED) is 0.878. The van der Waals surface area contributed by atoms with E-state index in [1.807, 2.05) is 6.07 Å². The number of nitrogens with one attached hydrogen (secondary N) is 2. The summed E-state index contributed by atoms with van der Waals surface area (Å²) in [5.41, 5.74) is 1.45. The molecule has 2 aromatic carbocycles. The van der Waals surface area contributed by atoms with Crippen molar-refractivity contribution in [2.75, 3.05) is 49.5 Å². The van der Waals surface area contributed by atoms with Crippen molar-refractivity contribution in [3.63, 3.8) is 0 Å². The van der Waals surface area contributed by atoms with Crippen LogP contribution in [0.25, 0.3) is 0 Å². The van der Waals surface area contributed by atoms with Gasteiger partial charge in [-0.25, -0.2) is 9.18 Å². The fourth-order valence-electron chi connectivity index (χ4n) is 2.93. The van der Waals surface area contributed by atoms with Crippen LogP contribution in [0.4, 0.5) is 20.6 Å². The molecule has 0 aromatic heterocycles. The Morgan fingerprint density at radius 3 is 2.36 bits per heavy atom. The number of urea groups is 1. The fourth-order valence-corrected chi connectivity index (χ4v) is 2.93.